The second-order valence-corrected chi connectivity index (χ2v) is 4.88. The number of hydrogen-bond acceptors (Lipinski definition) is 4. The quantitative estimate of drug-likeness (QED) is 0.631. The molecular weight excluding hydrogens is 204 g/mol. The van der Waals surface area contributed by atoms with Crippen LogP contribution >= 0.6 is 0 Å². The number of carbonyl (C=O) groups excluding carboxylic acids is 1. The summed E-state index contributed by atoms with van der Waals surface area (Å²) in [5.74, 6) is 0.631. The molecule has 1 saturated heterocycles. The van der Waals surface area contributed by atoms with Crippen LogP contribution in [0.1, 0.15) is 6.42 Å². The van der Waals surface area contributed by atoms with Gasteiger partial charge in [-0.3, -0.25) is 9.00 Å². The molecule has 82 valence electrons. The Morgan fingerprint density at radius 1 is 1.64 bits per heavy atom. The Labute approximate surface area is 86.4 Å². The van der Waals surface area contributed by atoms with E-state index in [1.165, 1.54) is 0 Å². The molecule has 1 aliphatic rings. The topological polar surface area (TPSA) is 52.6 Å². The van der Waals surface area contributed by atoms with Gasteiger partial charge in [-0.2, -0.15) is 0 Å². The molecule has 0 aromatic carbocycles. The van der Waals surface area contributed by atoms with E-state index in [2.05, 4.69) is 0 Å². The van der Waals surface area contributed by atoms with E-state index in [9.17, 15) is 9.00 Å². The van der Waals surface area contributed by atoms with E-state index in [0.29, 0.717) is 25.6 Å². The molecule has 4 nitrogen and oxygen atoms in total. The van der Waals surface area contributed by atoms with Crippen LogP contribution in [-0.4, -0.2) is 48.4 Å². The maximum absolute atomic E-state index is 11.5. The SMILES string of the molecule is COCCS(=O)CC(=O)C1CCOC1. The summed E-state index contributed by atoms with van der Waals surface area (Å²) in [6.45, 7) is 1.60. The van der Waals surface area contributed by atoms with Gasteiger partial charge in [0.15, 0.2) is 5.78 Å². The summed E-state index contributed by atoms with van der Waals surface area (Å²) in [4.78, 5) is 11.5. The van der Waals surface area contributed by atoms with Gasteiger partial charge in [-0.1, -0.05) is 0 Å². The summed E-state index contributed by atoms with van der Waals surface area (Å²) in [6.07, 6.45) is 0.778. The Morgan fingerprint density at radius 3 is 3.00 bits per heavy atom. The molecule has 1 aliphatic heterocycles. The highest BCUT2D eigenvalue weighted by Gasteiger charge is 2.24. The monoisotopic (exact) mass is 220 g/mol. The number of ether oxygens (including phenoxy) is 2. The van der Waals surface area contributed by atoms with Gasteiger partial charge < -0.3 is 9.47 Å². The van der Waals surface area contributed by atoms with Crippen molar-refractivity contribution < 1.29 is 18.5 Å². The second-order valence-electron chi connectivity index (χ2n) is 3.31. The molecule has 0 amide bonds. The van der Waals surface area contributed by atoms with Crippen molar-refractivity contribution in [3.8, 4) is 0 Å². The third kappa shape index (κ3) is 3.86. The maximum atomic E-state index is 11.5. The van der Waals surface area contributed by atoms with Crippen molar-refractivity contribution in [1.29, 1.82) is 0 Å². The van der Waals surface area contributed by atoms with Gasteiger partial charge in [0.1, 0.15) is 0 Å². The highest BCUT2D eigenvalue weighted by Crippen LogP contribution is 2.13. The normalized spacial score (nSPS) is 23.6. The van der Waals surface area contributed by atoms with Crippen LogP contribution in [0.5, 0.6) is 0 Å². The lowest BCUT2D eigenvalue weighted by atomic mass is 10.1. The van der Waals surface area contributed by atoms with Crippen molar-refractivity contribution in [2.45, 2.75) is 6.42 Å². The standard InChI is InChI=1S/C9H16O4S/c1-12-4-5-14(11)7-9(10)8-2-3-13-6-8/h8H,2-7H2,1H3. The predicted octanol–water partition coefficient (Wildman–Crippen LogP) is -0.0129. The fraction of sp³-hybridized carbons (Fsp3) is 0.889. The van der Waals surface area contributed by atoms with Crippen LogP contribution in [0.4, 0.5) is 0 Å². The highest BCUT2D eigenvalue weighted by atomic mass is 32.2. The minimum absolute atomic E-state index is 0.0264. The van der Waals surface area contributed by atoms with Crippen molar-refractivity contribution >= 4 is 16.6 Å². The van der Waals surface area contributed by atoms with E-state index < -0.39 is 10.8 Å². The van der Waals surface area contributed by atoms with Crippen LogP contribution in [0.15, 0.2) is 0 Å². The third-order valence-electron chi connectivity index (χ3n) is 2.20. The molecular formula is C9H16O4S. The number of hydrogen-bond donors (Lipinski definition) is 0. The van der Waals surface area contributed by atoms with Gasteiger partial charge in [0, 0.05) is 36.2 Å². The average molecular weight is 220 g/mol. The minimum atomic E-state index is -1.08. The number of Topliss-reactive ketones (excluding diaryl/α,β-unsaturated/α-hetero) is 1. The fourth-order valence-corrected chi connectivity index (χ4v) is 2.36. The first-order chi connectivity index (χ1) is 6.74. The molecule has 0 spiro atoms. The van der Waals surface area contributed by atoms with Gasteiger partial charge in [0.2, 0.25) is 0 Å². The Bertz CT molecular complexity index is 211. The molecule has 1 rings (SSSR count). The summed E-state index contributed by atoms with van der Waals surface area (Å²) in [5.41, 5.74) is 0. The minimum Gasteiger partial charge on any atom is -0.384 e. The Hall–Kier alpha value is -0.260. The average Bonchev–Trinajstić information content (AvgIpc) is 2.67. The van der Waals surface area contributed by atoms with E-state index in [-0.39, 0.29) is 17.5 Å². The number of rotatable bonds is 6. The maximum Gasteiger partial charge on any atom is 0.150 e. The molecule has 5 heteroatoms. The van der Waals surface area contributed by atoms with E-state index in [4.69, 9.17) is 9.47 Å². The van der Waals surface area contributed by atoms with Crippen molar-refractivity contribution in [3.63, 3.8) is 0 Å². The van der Waals surface area contributed by atoms with E-state index in [1.807, 2.05) is 0 Å². The smallest absolute Gasteiger partial charge is 0.150 e. The second kappa shape index (κ2) is 6.27. The molecule has 1 fully saturated rings. The summed E-state index contributed by atoms with van der Waals surface area (Å²) in [6, 6.07) is 0. The zero-order chi connectivity index (χ0) is 10.4. The molecule has 0 aromatic heterocycles. The summed E-state index contributed by atoms with van der Waals surface area (Å²) in [5, 5.41) is 0. The predicted molar refractivity (Wildman–Crippen MR) is 53.7 cm³/mol. The summed E-state index contributed by atoms with van der Waals surface area (Å²) in [7, 11) is 0.483. The van der Waals surface area contributed by atoms with E-state index in [1.54, 1.807) is 7.11 Å². The lowest BCUT2D eigenvalue weighted by Crippen LogP contribution is -2.23. The first kappa shape index (κ1) is 11.8. The van der Waals surface area contributed by atoms with Crippen molar-refractivity contribution in [2.75, 3.05) is 38.4 Å². The Morgan fingerprint density at radius 2 is 2.43 bits per heavy atom. The Balaban J connectivity index is 2.21. The van der Waals surface area contributed by atoms with Gasteiger partial charge in [0.25, 0.3) is 0 Å². The zero-order valence-corrected chi connectivity index (χ0v) is 9.18. The zero-order valence-electron chi connectivity index (χ0n) is 8.36. The first-order valence-corrected chi connectivity index (χ1v) is 6.17. The van der Waals surface area contributed by atoms with E-state index >= 15 is 0 Å². The Kier molecular flexibility index (Phi) is 5.29. The van der Waals surface area contributed by atoms with Crippen LogP contribution in [0.3, 0.4) is 0 Å². The number of methoxy groups -OCH3 is 1. The molecule has 0 bridgehead atoms. The van der Waals surface area contributed by atoms with E-state index in [0.717, 1.165) is 6.42 Å². The summed E-state index contributed by atoms with van der Waals surface area (Å²) < 4.78 is 21.2. The number of ketones is 1. The molecule has 0 aliphatic carbocycles. The lowest BCUT2D eigenvalue weighted by molar-refractivity contribution is -0.120. The molecule has 2 unspecified atom stereocenters. The molecule has 0 radical (unpaired) electrons. The molecule has 0 saturated carbocycles. The van der Waals surface area contributed by atoms with Gasteiger partial charge in [-0.25, -0.2) is 0 Å². The van der Waals surface area contributed by atoms with Gasteiger partial charge in [0.05, 0.1) is 19.0 Å². The fourth-order valence-electron chi connectivity index (χ4n) is 1.31. The van der Waals surface area contributed by atoms with Gasteiger partial charge >= 0.3 is 0 Å². The molecule has 0 aromatic rings. The van der Waals surface area contributed by atoms with Crippen molar-refractivity contribution in [3.05, 3.63) is 0 Å². The molecule has 14 heavy (non-hydrogen) atoms. The van der Waals surface area contributed by atoms with Crippen LogP contribution in [0.2, 0.25) is 0 Å². The van der Waals surface area contributed by atoms with Crippen LogP contribution < -0.4 is 0 Å². The molecule has 0 N–H and O–H groups in total. The third-order valence-corrected chi connectivity index (χ3v) is 3.43. The largest absolute Gasteiger partial charge is 0.384 e. The first-order valence-electron chi connectivity index (χ1n) is 4.68. The van der Waals surface area contributed by atoms with Crippen LogP contribution in [-0.2, 0) is 25.1 Å². The molecule has 1 heterocycles. The van der Waals surface area contributed by atoms with Crippen LogP contribution in [0.25, 0.3) is 0 Å². The van der Waals surface area contributed by atoms with Gasteiger partial charge in [-0.05, 0) is 6.42 Å². The van der Waals surface area contributed by atoms with Crippen molar-refractivity contribution in [1.82, 2.24) is 0 Å². The highest BCUT2D eigenvalue weighted by molar-refractivity contribution is 7.85. The van der Waals surface area contributed by atoms with Gasteiger partial charge in [-0.15, -0.1) is 0 Å². The number of carbonyl (C=O) groups is 1. The van der Waals surface area contributed by atoms with Crippen molar-refractivity contribution in [2.24, 2.45) is 5.92 Å². The lowest BCUT2D eigenvalue weighted by Gasteiger charge is -2.05. The molecule has 2 atom stereocenters. The van der Waals surface area contributed by atoms with Crippen LogP contribution in [0, 0.1) is 5.92 Å². The summed E-state index contributed by atoms with van der Waals surface area (Å²) >= 11 is 0.